The number of nitrogens with zero attached hydrogens (tertiary/aromatic N) is 1. The van der Waals surface area contributed by atoms with E-state index in [-0.39, 0.29) is 5.91 Å². The second-order valence-corrected chi connectivity index (χ2v) is 8.32. The quantitative estimate of drug-likeness (QED) is 0.839. The second-order valence-electron chi connectivity index (χ2n) is 8.32. The van der Waals surface area contributed by atoms with Gasteiger partial charge in [0.25, 0.3) is 5.91 Å². The van der Waals surface area contributed by atoms with Gasteiger partial charge in [0.2, 0.25) is 0 Å². The summed E-state index contributed by atoms with van der Waals surface area (Å²) < 4.78 is 12.3. The molecule has 0 atom stereocenters. The number of hydrogen-bond acceptors (Lipinski definition) is 4. The number of anilines is 1. The summed E-state index contributed by atoms with van der Waals surface area (Å²) in [5.41, 5.74) is 0.230. The minimum atomic E-state index is -1.45. The second kappa shape index (κ2) is 5.69. The van der Waals surface area contributed by atoms with Crippen LogP contribution in [0.25, 0.3) is 6.08 Å². The predicted octanol–water partition coefficient (Wildman–Crippen LogP) is 2.82. The van der Waals surface area contributed by atoms with Crippen molar-refractivity contribution in [3.05, 3.63) is 35.3 Å². The van der Waals surface area contributed by atoms with Crippen LogP contribution in [-0.4, -0.2) is 41.5 Å². The van der Waals surface area contributed by atoms with Crippen molar-refractivity contribution in [3.63, 3.8) is 0 Å². The molecule has 134 valence electrons. The van der Waals surface area contributed by atoms with Crippen LogP contribution in [-0.2, 0) is 14.1 Å². The largest absolute Gasteiger partial charge is 0.492 e. The number of rotatable bonds is 2. The molecule has 2 heterocycles. The summed E-state index contributed by atoms with van der Waals surface area (Å²) >= 11 is 0. The van der Waals surface area contributed by atoms with Crippen molar-refractivity contribution < 1.29 is 19.2 Å². The third kappa shape index (κ3) is 3.14. The highest BCUT2D eigenvalue weighted by molar-refractivity contribution is 6.56. The molecule has 5 nitrogen and oxygen atoms in total. The Kier molecular flexibility index (Phi) is 4.14. The molecule has 0 aliphatic carbocycles. The van der Waals surface area contributed by atoms with Crippen LogP contribution < -0.4 is 4.90 Å². The monoisotopic (exact) mass is 343 g/mol. The summed E-state index contributed by atoms with van der Waals surface area (Å²) in [5.74, 6) is -0.345. The lowest BCUT2D eigenvalue weighted by Gasteiger charge is -2.34. The number of carbonyl (C=O) groups excluding carboxylic acids is 1. The molecule has 2 aliphatic rings. The number of hydrogen-bond donors (Lipinski definition) is 1. The average molecular weight is 343 g/mol. The molecule has 3 rings (SSSR count). The summed E-state index contributed by atoms with van der Waals surface area (Å²) in [6.45, 7) is 11.4. The Bertz CT molecular complexity index is 717. The first-order valence-corrected chi connectivity index (χ1v) is 8.62. The summed E-state index contributed by atoms with van der Waals surface area (Å²) in [6.07, 6.45) is 2.02. The van der Waals surface area contributed by atoms with Crippen LogP contribution >= 0.6 is 0 Å². The van der Waals surface area contributed by atoms with Crippen molar-refractivity contribution in [1.82, 2.24) is 0 Å². The number of amides is 1. The fourth-order valence-electron chi connectivity index (χ4n) is 3.02. The summed E-state index contributed by atoms with van der Waals surface area (Å²) in [5, 5.41) is 10.2. The molecule has 0 bridgehead atoms. The highest BCUT2D eigenvalue weighted by Crippen LogP contribution is 2.41. The van der Waals surface area contributed by atoms with Gasteiger partial charge in [0.1, 0.15) is 5.60 Å². The van der Waals surface area contributed by atoms with Gasteiger partial charge in [-0.1, -0.05) is 24.3 Å². The average Bonchev–Trinajstić information content (AvgIpc) is 2.72. The lowest BCUT2D eigenvalue weighted by molar-refractivity contribution is -0.133. The molecule has 2 aliphatic heterocycles. The van der Waals surface area contributed by atoms with Gasteiger partial charge in [-0.25, -0.2) is 0 Å². The molecule has 1 N–H and O–H groups in total. The number of aliphatic hydroxyl groups is 1. The van der Waals surface area contributed by atoms with Crippen molar-refractivity contribution in [2.24, 2.45) is 0 Å². The van der Waals surface area contributed by atoms with Crippen molar-refractivity contribution >= 4 is 24.8 Å². The van der Waals surface area contributed by atoms with Gasteiger partial charge in [-0.2, -0.15) is 0 Å². The van der Waals surface area contributed by atoms with Gasteiger partial charge in [0, 0.05) is 6.54 Å². The van der Waals surface area contributed by atoms with E-state index in [2.05, 4.69) is 0 Å². The Morgan fingerprint density at radius 1 is 1.16 bits per heavy atom. The maximum atomic E-state index is 12.8. The molecule has 6 heteroatoms. The van der Waals surface area contributed by atoms with E-state index in [0.29, 0.717) is 6.54 Å². The Morgan fingerprint density at radius 3 is 2.28 bits per heavy atom. The summed E-state index contributed by atoms with van der Waals surface area (Å²) in [4.78, 5) is 14.4. The normalized spacial score (nSPS) is 21.8. The van der Waals surface area contributed by atoms with E-state index < -0.39 is 23.9 Å². The molecule has 1 aromatic carbocycles. The Labute approximate surface area is 149 Å². The Balaban J connectivity index is 1.98. The SMILES string of the molecule is CC(C)(O)C(=O)N1CC(B2OC(C)(C)C(C)(C)O2)=Cc2ccccc21. The van der Waals surface area contributed by atoms with Gasteiger partial charge in [0.15, 0.2) is 0 Å². The molecule has 1 saturated heterocycles. The number of para-hydroxylation sites is 1. The molecule has 1 fully saturated rings. The van der Waals surface area contributed by atoms with Gasteiger partial charge in [0.05, 0.1) is 16.9 Å². The van der Waals surface area contributed by atoms with E-state index in [1.165, 1.54) is 13.8 Å². The molecule has 0 aromatic heterocycles. The first kappa shape index (κ1) is 18.2. The van der Waals surface area contributed by atoms with Crippen molar-refractivity contribution in [3.8, 4) is 0 Å². The standard InChI is InChI=1S/C19H26BNO4/c1-17(2,23)16(22)21-12-14(11-13-9-7-8-10-15(13)21)20-24-18(3,4)19(5,6)25-20/h7-11,23H,12H2,1-6H3. The lowest BCUT2D eigenvalue weighted by atomic mass is 9.75. The minimum absolute atomic E-state index is 0.330. The minimum Gasteiger partial charge on any atom is -0.400 e. The smallest absolute Gasteiger partial charge is 0.400 e. The van der Waals surface area contributed by atoms with Crippen LogP contribution in [0.15, 0.2) is 29.7 Å². The van der Waals surface area contributed by atoms with E-state index in [1.54, 1.807) is 4.90 Å². The lowest BCUT2D eigenvalue weighted by Crippen LogP contribution is -2.48. The van der Waals surface area contributed by atoms with Crippen LogP contribution in [0.5, 0.6) is 0 Å². The van der Waals surface area contributed by atoms with Crippen molar-refractivity contribution in [2.45, 2.75) is 58.3 Å². The number of benzene rings is 1. The molecular weight excluding hydrogens is 317 g/mol. The maximum absolute atomic E-state index is 12.8. The van der Waals surface area contributed by atoms with E-state index in [0.717, 1.165) is 16.7 Å². The first-order valence-electron chi connectivity index (χ1n) is 8.62. The maximum Gasteiger partial charge on any atom is 0.492 e. The Morgan fingerprint density at radius 2 is 1.72 bits per heavy atom. The zero-order chi connectivity index (χ0) is 18.6. The zero-order valence-corrected chi connectivity index (χ0v) is 15.8. The number of carbonyl (C=O) groups is 1. The molecule has 1 amide bonds. The number of fused-ring (bicyclic) bond motifs is 1. The third-order valence-electron chi connectivity index (χ3n) is 5.23. The highest BCUT2D eigenvalue weighted by Gasteiger charge is 2.53. The fourth-order valence-corrected chi connectivity index (χ4v) is 3.02. The summed E-state index contributed by atoms with van der Waals surface area (Å²) in [7, 11) is -0.518. The fraction of sp³-hybridized carbons (Fsp3) is 0.526. The van der Waals surface area contributed by atoms with Crippen molar-refractivity contribution in [2.75, 3.05) is 11.4 Å². The van der Waals surface area contributed by atoms with Crippen molar-refractivity contribution in [1.29, 1.82) is 0 Å². The van der Waals surface area contributed by atoms with E-state index in [4.69, 9.17) is 9.31 Å². The molecule has 0 unspecified atom stereocenters. The molecule has 0 radical (unpaired) electrons. The van der Waals surface area contributed by atoms with Gasteiger partial charge in [-0.05, 0) is 58.6 Å². The zero-order valence-electron chi connectivity index (χ0n) is 15.8. The highest BCUT2D eigenvalue weighted by atomic mass is 16.7. The predicted molar refractivity (Wildman–Crippen MR) is 99.2 cm³/mol. The topological polar surface area (TPSA) is 59.0 Å². The molecule has 0 spiro atoms. The molecule has 25 heavy (non-hydrogen) atoms. The van der Waals surface area contributed by atoms with Crippen LogP contribution in [0.3, 0.4) is 0 Å². The van der Waals surface area contributed by atoms with E-state index in [1.807, 2.05) is 58.0 Å². The van der Waals surface area contributed by atoms with E-state index >= 15 is 0 Å². The summed E-state index contributed by atoms with van der Waals surface area (Å²) in [6, 6.07) is 7.65. The Hall–Kier alpha value is -1.63. The van der Waals surface area contributed by atoms with Crippen LogP contribution in [0.1, 0.15) is 47.1 Å². The first-order chi connectivity index (χ1) is 11.4. The van der Waals surface area contributed by atoms with Crippen LogP contribution in [0, 0.1) is 0 Å². The van der Waals surface area contributed by atoms with Gasteiger partial charge < -0.3 is 19.3 Å². The third-order valence-corrected chi connectivity index (χ3v) is 5.23. The van der Waals surface area contributed by atoms with Gasteiger partial charge >= 0.3 is 7.12 Å². The van der Waals surface area contributed by atoms with E-state index in [9.17, 15) is 9.90 Å². The van der Waals surface area contributed by atoms with Crippen LogP contribution in [0.2, 0.25) is 0 Å². The van der Waals surface area contributed by atoms with Gasteiger partial charge in [-0.15, -0.1) is 0 Å². The molecule has 1 aromatic rings. The van der Waals surface area contributed by atoms with Gasteiger partial charge in [-0.3, -0.25) is 4.79 Å². The van der Waals surface area contributed by atoms with Crippen LogP contribution in [0.4, 0.5) is 5.69 Å². The molecule has 0 saturated carbocycles. The molecular formula is C19H26BNO4.